The van der Waals surface area contributed by atoms with E-state index in [2.05, 4.69) is 10.3 Å². The van der Waals surface area contributed by atoms with E-state index in [1.807, 2.05) is 34.9 Å². The molecule has 34 heavy (non-hydrogen) atoms. The molecule has 3 aromatic carbocycles. The molecule has 1 aromatic heterocycles. The summed E-state index contributed by atoms with van der Waals surface area (Å²) in [6.07, 6.45) is 3.76. The third-order valence-electron chi connectivity index (χ3n) is 6.74. The van der Waals surface area contributed by atoms with Crippen molar-refractivity contribution in [2.24, 2.45) is 0 Å². The number of benzene rings is 3. The van der Waals surface area contributed by atoms with Gasteiger partial charge in [0.25, 0.3) is 0 Å². The van der Waals surface area contributed by atoms with Gasteiger partial charge in [-0.1, -0.05) is 18.2 Å². The van der Waals surface area contributed by atoms with Gasteiger partial charge < -0.3 is 15.0 Å². The molecular formula is C27H23F2N3O2. The zero-order valence-electron chi connectivity index (χ0n) is 18.4. The quantitative estimate of drug-likeness (QED) is 0.443. The van der Waals surface area contributed by atoms with E-state index >= 15 is 0 Å². The normalized spacial score (nSPS) is 17.3. The van der Waals surface area contributed by atoms with Crippen molar-refractivity contribution in [3.63, 3.8) is 0 Å². The Kier molecular flexibility index (Phi) is 5.07. The molecule has 2 aliphatic heterocycles. The Labute approximate surface area is 194 Å². The first kappa shape index (κ1) is 20.9. The van der Waals surface area contributed by atoms with Crippen molar-refractivity contribution < 1.29 is 13.5 Å². The predicted molar refractivity (Wildman–Crippen MR) is 128 cm³/mol. The molecule has 3 heterocycles. The fourth-order valence-electron chi connectivity index (χ4n) is 5.08. The van der Waals surface area contributed by atoms with Crippen LogP contribution >= 0.6 is 0 Å². The Morgan fingerprint density at radius 2 is 1.85 bits per heavy atom. The fraction of sp³-hybridized carbons (Fsp3) is 0.222. The number of fused-ring (bicyclic) bond motifs is 3. The number of aromatic amines is 1. The van der Waals surface area contributed by atoms with Gasteiger partial charge in [-0.15, -0.1) is 0 Å². The second-order valence-electron chi connectivity index (χ2n) is 8.81. The molecule has 0 bridgehead atoms. The summed E-state index contributed by atoms with van der Waals surface area (Å²) in [7, 11) is 0. The molecule has 2 aliphatic rings. The van der Waals surface area contributed by atoms with Gasteiger partial charge >= 0.3 is 5.69 Å². The van der Waals surface area contributed by atoms with Gasteiger partial charge in [0.05, 0.1) is 11.0 Å². The second-order valence-corrected chi connectivity index (χ2v) is 8.81. The summed E-state index contributed by atoms with van der Waals surface area (Å²) in [6.45, 7) is 1.80. The molecule has 4 aromatic rings. The smallest absolute Gasteiger partial charge is 0.326 e. The molecule has 6 rings (SSSR count). The molecule has 0 radical (unpaired) electrons. The first-order chi connectivity index (χ1) is 16.6. The van der Waals surface area contributed by atoms with Crippen molar-refractivity contribution in [1.29, 1.82) is 0 Å². The summed E-state index contributed by atoms with van der Waals surface area (Å²) in [6, 6.07) is 15.3. The van der Waals surface area contributed by atoms with E-state index in [4.69, 9.17) is 4.74 Å². The number of hydrogen-bond acceptors (Lipinski definition) is 3. The lowest BCUT2D eigenvalue weighted by atomic mass is 9.92. The Hall–Kier alpha value is -3.71. The maximum atomic E-state index is 14.7. The lowest BCUT2D eigenvalue weighted by molar-refractivity contribution is 0.299. The second kappa shape index (κ2) is 8.25. The van der Waals surface area contributed by atoms with E-state index in [1.165, 1.54) is 18.2 Å². The highest BCUT2D eigenvalue weighted by atomic mass is 19.1. The highest BCUT2D eigenvalue weighted by Gasteiger charge is 2.23. The average Bonchev–Trinajstić information content (AvgIpc) is 3.08. The third kappa shape index (κ3) is 3.53. The van der Waals surface area contributed by atoms with Gasteiger partial charge in [-0.25, -0.2) is 13.6 Å². The largest absolute Gasteiger partial charge is 0.488 e. The minimum Gasteiger partial charge on any atom is -0.488 e. The summed E-state index contributed by atoms with van der Waals surface area (Å²) in [4.78, 5) is 15.8. The van der Waals surface area contributed by atoms with Gasteiger partial charge in [0, 0.05) is 23.2 Å². The van der Waals surface area contributed by atoms with Crippen molar-refractivity contribution in [1.82, 2.24) is 14.9 Å². The zero-order valence-corrected chi connectivity index (χ0v) is 18.4. The maximum Gasteiger partial charge on any atom is 0.326 e. The van der Waals surface area contributed by atoms with E-state index in [0.717, 1.165) is 48.1 Å². The van der Waals surface area contributed by atoms with E-state index < -0.39 is 5.82 Å². The van der Waals surface area contributed by atoms with Crippen LogP contribution in [-0.4, -0.2) is 22.6 Å². The van der Waals surface area contributed by atoms with Crippen LogP contribution < -0.4 is 15.7 Å². The van der Waals surface area contributed by atoms with Crippen molar-refractivity contribution >= 4 is 22.7 Å². The first-order valence-electron chi connectivity index (χ1n) is 11.5. The third-order valence-corrected chi connectivity index (χ3v) is 6.74. The Bertz CT molecular complexity index is 1500. The minimum atomic E-state index is -0.414. The molecule has 0 saturated carbocycles. The molecule has 0 spiro atoms. The van der Waals surface area contributed by atoms with Gasteiger partial charge in [-0.3, -0.25) is 4.57 Å². The number of imidazole rings is 1. The SMILES string of the molecule is O=c1[nH]c2cc(/C=C3/c4ccc(F)cc4OCc4c(F)cccc43)ccc2n1C1CCNCC1. The standard InChI is InChI=1S/C27H23F2N3O2/c28-17-5-6-20-21(19-2-1-3-23(29)22(19)15-34-26(20)14-17)12-16-4-7-25-24(13-16)31-27(33)32(25)18-8-10-30-11-9-18/h1-7,12-14,18,30H,8-11,15H2,(H,31,33)/b21-12+. The summed E-state index contributed by atoms with van der Waals surface area (Å²) in [5.74, 6) is -0.410. The monoisotopic (exact) mass is 459 g/mol. The molecule has 5 nitrogen and oxygen atoms in total. The van der Waals surface area contributed by atoms with Gasteiger partial charge in [0.15, 0.2) is 0 Å². The topological polar surface area (TPSA) is 59.1 Å². The molecule has 0 unspecified atom stereocenters. The molecule has 7 heteroatoms. The number of piperidine rings is 1. The van der Waals surface area contributed by atoms with Crippen molar-refractivity contribution in [3.8, 4) is 5.75 Å². The van der Waals surface area contributed by atoms with Crippen LogP contribution in [0.15, 0.2) is 59.4 Å². The fourth-order valence-corrected chi connectivity index (χ4v) is 5.08. The van der Waals surface area contributed by atoms with Crippen LogP contribution in [0.1, 0.15) is 41.1 Å². The van der Waals surface area contributed by atoms with E-state index in [0.29, 0.717) is 22.4 Å². The molecule has 1 saturated heterocycles. The number of nitrogens with zero attached hydrogens (tertiary/aromatic N) is 1. The highest BCUT2D eigenvalue weighted by Crippen LogP contribution is 2.39. The number of rotatable bonds is 2. The van der Waals surface area contributed by atoms with Crippen LogP contribution in [-0.2, 0) is 6.61 Å². The summed E-state index contributed by atoms with van der Waals surface area (Å²) in [5, 5.41) is 3.33. The number of H-pyrrole nitrogens is 1. The van der Waals surface area contributed by atoms with Gasteiger partial charge in [0.1, 0.15) is 24.0 Å². The van der Waals surface area contributed by atoms with Crippen molar-refractivity contribution in [2.75, 3.05) is 13.1 Å². The van der Waals surface area contributed by atoms with Gasteiger partial charge in [0.2, 0.25) is 0 Å². The number of ether oxygens (including phenoxy) is 1. The molecule has 1 fully saturated rings. The van der Waals surface area contributed by atoms with Gasteiger partial charge in [-0.2, -0.15) is 0 Å². The molecule has 0 aliphatic carbocycles. The summed E-state index contributed by atoms with van der Waals surface area (Å²) in [5.41, 5.74) is 4.91. The van der Waals surface area contributed by atoms with Crippen LogP contribution in [0.4, 0.5) is 8.78 Å². The zero-order chi connectivity index (χ0) is 23.2. The number of aromatic nitrogens is 2. The lowest BCUT2D eigenvalue weighted by Gasteiger charge is -2.23. The van der Waals surface area contributed by atoms with E-state index in [-0.39, 0.29) is 24.2 Å². The molecule has 0 atom stereocenters. The number of halogens is 2. The van der Waals surface area contributed by atoms with Crippen LogP contribution in [0, 0.1) is 11.6 Å². The molecule has 0 amide bonds. The molecular weight excluding hydrogens is 436 g/mol. The Morgan fingerprint density at radius 1 is 1.00 bits per heavy atom. The number of nitrogens with one attached hydrogen (secondary N) is 2. The first-order valence-corrected chi connectivity index (χ1v) is 11.5. The summed E-state index contributed by atoms with van der Waals surface area (Å²) >= 11 is 0. The van der Waals surface area contributed by atoms with Crippen LogP contribution in [0.25, 0.3) is 22.7 Å². The Balaban J connectivity index is 1.50. The van der Waals surface area contributed by atoms with Crippen molar-refractivity contribution in [3.05, 3.63) is 99.0 Å². The maximum absolute atomic E-state index is 14.7. The van der Waals surface area contributed by atoms with E-state index in [9.17, 15) is 13.6 Å². The highest BCUT2D eigenvalue weighted by molar-refractivity contribution is 5.95. The number of hydrogen-bond donors (Lipinski definition) is 2. The van der Waals surface area contributed by atoms with Crippen LogP contribution in [0.3, 0.4) is 0 Å². The molecule has 172 valence electrons. The van der Waals surface area contributed by atoms with Crippen molar-refractivity contribution in [2.45, 2.75) is 25.5 Å². The molecule has 2 N–H and O–H groups in total. The minimum absolute atomic E-state index is 0.0151. The lowest BCUT2D eigenvalue weighted by Crippen LogP contribution is -2.33. The summed E-state index contributed by atoms with van der Waals surface area (Å²) < 4.78 is 36.3. The Morgan fingerprint density at radius 3 is 2.71 bits per heavy atom. The van der Waals surface area contributed by atoms with Crippen LogP contribution in [0.2, 0.25) is 0 Å². The van der Waals surface area contributed by atoms with Gasteiger partial charge in [-0.05, 0) is 79.0 Å². The van der Waals surface area contributed by atoms with Crippen LogP contribution in [0.5, 0.6) is 5.75 Å². The average molecular weight is 459 g/mol. The van der Waals surface area contributed by atoms with E-state index in [1.54, 1.807) is 12.1 Å². The predicted octanol–water partition coefficient (Wildman–Crippen LogP) is 5.01.